The summed E-state index contributed by atoms with van der Waals surface area (Å²) in [6, 6.07) is 1.79. The van der Waals surface area contributed by atoms with Gasteiger partial charge in [0.1, 0.15) is 6.42 Å². The van der Waals surface area contributed by atoms with Crippen LogP contribution in [0.5, 0.6) is 0 Å². The molecule has 0 saturated carbocycles. The topological polar surface area (TPSA) is 90.3 Å². The second-order valence-electron chi connectivity index (χ2n) is 4.03. The summed E-state index contributed by atoms with van der Waals surface area (Å²) in [5.74, 6) is -1.53. The Morgan fingerprint density at radius 2 is 2.12 bits per heavy atom. The van der Waals surface area contributed by atoms with Crippen LogP contribution in [0.2, 0.25) is 0 Å². The fourth-order valence-corrected chi connectivity index (χ4v) is 2.24. The third kappa shape index (κ3) is 1.65. The number of carbonyl (C=O) groups is 3. The van der Waals surface area contributed by atoms with Gasteiger partial charge in [-0.3, -0.25) is 19.7 Å². The third-order valence-electron chi connectivity index (χ3n) is 3.12. The van der Waals surface area contributed by atoms with E-state index in [9.17, 15) is 14.4 Å². The van der Waals surface area contributed by atoms with Crippen LogP contribution in [0.4, 0.5) is 0 Å². The number of amides is 3. The lowest BCUT2D eigenvalue weighted by atomic mass is 9.87. The molecule has 0 unspecified atom stereocenters. The van der Waals surface area contributed by atoms with Gasteiger partial charge in [-0.05, 0) is 6.42 Å². The summed E-state index contributed by atoms with van der Waals surface area (Å²) in [5.41, 5.74) is 0. The van der Waals surface area contributed by atoms with Crippen LogP contribution in [0, 0.1) is 23.2 Å². The van der Waals surface area contributed by atoms with Gasteiger partial charge in [0.25, 0.3) is 0 Å². The summed E-state index contributed by atoms with van der Waals surface area (Å²) in [6.07, 6.45) is 0.326. The van der Waals surface area contributed by atoms with Gasteiger partial charge in [-0.1, -0.05) is 0 Å². The molecule has 3 amide bonds. The molecule has 2 rings (SSSR count). The molecule has 2 saturated heterocycles. The van der Waals surface area contributed by atoms with E-state index in [1.165, 1.54) is 4.90 Å². The first-order chi connectivity index (χ1) is 7.63. The first-order valence-corrected chi connectivity index (χ1v) is 5.13. The van der Waals surface area contributed by atoms with Crippen molar-refractivity contribution >= 4 is 17.7 Å². The Hall–Kier alpha value is -1.90. The number of rotatable bonds is 1. The standard InChI is InChI=1S/C10H11N3O3/c11-3-1-8(14)13-4-2-6-7(5-13)10(16)12-9(6)15/h6-7H,1-2,4-5H2,(H,12,15,16)/t6-,7-/m0/s1. The van der Waals surface area contributed by atoms with Gasteiger partial charge in [-0.2, -0.15) is 5.26 Å². The smallest absolute Gasteiger partial charge is 0.236 e. The van der Waals surface area contributed by atoms with E-state index in [2.05, 4.69) is 5.32 Å². The monoisotopic (exact) mass is 221 g/mol. The fraction of sp³-hybridized carbons (Fsp3) is 0.600. The van der Waals surface area contributed by atoms with Gasteiger partial charge in [-0.15, -0.1) is 0 Å². The van der Waals surface area contributed by atoms with Gasteiger partial charge in [0.15, 0.2) is 0 Å². The minimum atomic E-state index is -0.427. The maximum Gasteiger partial charge on any atom is 0.236 e. The highest BCUT2D eigenvalue weighted by Crippen LogP contribution is 2.28. The predicted octanol–water partition coefficient (Wildman–Crippen LogP) is -0.979. The van der Waals surface area contributed by atoms with Crippen LogP contribution in [0.25, 0.3) is 0 Å². The molecule has 2 fully saturated rings. The molecule has 2 aliphatic heterocycles. The first kappa shape index (κ1) is 10.6. The summed E-state index contributed by atoms with van der Waals surface area (Å²) in [5, 5.41) is 10.7. The van der Waals surface area contributed by atoms with Gasteiger partial charge in [0.2, 0.25) is 17.7 Å². The van der Waals surface area contributed by atoms with Crippen molar-refractivity contribution in [3.05, 3.63) is 0 Å². The third-order valence-corrected chi connectivity index (χ3v) is 3.12. The van der Waals surface area contributed by atoms with E-state index in [1.807, 2.05) is 0 Å². The van der Waals surface area contributed by atoms with Crippen LogP contribution in [0.15, 0.2) is 0 Å². The number of nitrogens with zero attached hydrogens (tertiary/aromatic N) is 2. The SMILES string of the molecule is N#CCC(=O)N1CC[C@@H]2C(=O)NC(=O)[C@H]2C1. The van der Waals surface area contributed by atoms with Crippen LogP contribution in [-0.4, -0.2) is 35.7 Å². The highest BCUT2D eigenvalue weighted by atomic mass is 16.2. The zero-order valence-electron chi connectivity index (χ0n) is 8.60. The molecule has 0 spiro atoms. The largest absolute Gasteiger partial charge is 0.341 e. The molecule has 0 radical (unpaired) electrons. The molecule has 0 aromatic carbocycles. The summed E-state index contributed by atoms with van der Waals surface area (Å²) >= 11 is 0. The number of nitriles is 1. The Morgan fingerprint density at radius 1 is 1.44 bits per heavy atom. The van der Waals surface area contributed by atoms with E-state index in [-0.39, 0.29) is 36.6 Å². The zero-order valence-corrected chi connectivity index (χ0v) is 8.60. The van der Waals surface area contributed by atoms with E-state index in [0.29, 0.717) is 13.0 Å². The van der Waals surface area contributed by atoms with Crippen molar-refractivity contribution in [1.82, 2.24) is 10.2 Å². The van der Waals surface area contributed by atoms with E-state index in [4.69, 9.17) is 5.26 Å². The first-order valence-electron chi connectivity index (χ1n) is 5.13. The van der Waals surface area contributed by atoms with Crippen molar-refractivity contribution in [3.63, 3.8) is 0 Å². The lowest BCUT2D eigenvalue weighted by Gasteiger charge is -2.31. The Bertz CT molecular complexity index is 399. The number of likely N-dealkylation sites (tertiary alicyclic amines) is 1. The van der Waals surface area contributed by atoms with Crippen molar-refractivity contribution in [3.8, 4) is 6.07 Å². The molecular weight excluding hydrogens is 210 g/mol. The highest BCUT2D eigenvalue weighted by molar-refractivity contribution is 6.05. The zero-order chi connectivity index (χ0) is 11.7. The van der Waals surface area contributed by atoms with Crippen LogP contribution in [-0.2, 0) is 14.4 Å². The maximum absolute atomic E-state index is 11.5. The molecule has 1 N–H and O–H groups in total. The van der Waals surface area contributed by atoms with Crippen LogP contribution in [0.1, 0.15) is 12.8 Å². The second-order valence-corrected chi connectivity index (χ2v) is 4.03. The molecule has 84 valence electrons. The molecule has 2 heterocycles. The van der Waals surface area contributed by atoms with Crippen LogP contribution < -0.4 is 5.32 Å². The molecule has 2 atom stereocenters. The average molecular weight is 221 g/mol. The summed E-state index contributed by atoms with van der Waals surface area (Å²) in [4.78, 5) is 35.7. The van der Waals surface area contributed by atoms with E-state index >= 15 is 0 Å². The number of carbonyl (C=O) groups excluding carboxylic acids is 3. The minimum absolute atomic E-state index is 0.174. The van der Waals surface area contributed by atoms with Gasteiger partial charge in [0.05, 0.1) is 17.9 Å². The van der Waals surface area contributed by atoms with Gasteiger partial charge < -0.3 is 4.90 Å². The Labute approximate surface area is 92.2 Å². The fourth-order valence-electron chi connectivity index (χ4n) is 2.24. The summed E-state index contributed by atoms with van der Waals surface area (Å²) in [7, 11) is 0. The van der Waals surface area contributed by atoms with Gasteiger partial charge >= 0.3 is 0 Å². The van der Waals surface area contributed by atoms with Crippen molar-refractivity contribution in [2.45, 2.75) is 12.8 Å². The van der Waals surface area contributed by atoms with Crippen LogP contribution in [0.3, 0.4) is 0 Å². The number of piperidine rings is 1. The van der Waals surface area contributed by atoms with Crippen molar-refractivity contribution < 1.29 is 14.4 Å². The van der Waals surface area contributed by atoms with E-state index < -0.39 is 5.92 Å². The second kappa shape index (κ2) is 3.93. The molecule has 16 heavy (non-hydrogen) atoms. The Balaban J connectivity index is 2.06. The van der Waals surface area contributed by atoms with Gasteiger partial charge in [0, 0.05) is 13.1 Å². The number of nitrogens with one attached hydrogen (secondary N) is 1. The average Bonchev–Trinajstić information content (AvgIpc) is 2.55. The predicted molar refractivity (Wildman–Crippen MR) is 51.6 cm³/mol. The molecule has 6 heteroatoms. The molecular formula is C10H11N3O3. The van der Waals surface area contributed by atoms with Gasteiger partial charge in [-0.25, -0.2) is 0 Å². The van der Waals surface area contributed by atoms with Crippen molar-refractivity contribution in [1.29, 1.82) is 5.26 Å². The molecule has 0 aromatic heterocycles. The summed E-state index contributed by atoms with van der Waals surface area (Å²) in [6.45, 7) is 0.700. The number of hydrogen-bond donors (Lipinski definition) is 1. The highest BCUT2D eigenvalue weighted by Gasteiger charge is 2.45. The quantitative estimate of drug-likeness (QED) is 0.576. The van der Waals surface area contributed by atoms with Crippen molar-refractivity contribution in [2.24, 2.45) is 11.8 Å². The maximum atomic E-state index is 11.5. The summed E-state index contributed by atoms with van der Waals surface area (Å²) < 4.78 is 0. The Kier molecular flexibility index (Phi) is 2.60. The number of hydrogen-bond acceptors (Lipinski definition) is 4. The number of imide groups is 1. The molecule has 0 aliphatic carbocycles. The molecule has 2 aliphatic rings. The van der Waals surface area contributed by atoms with Crippen LogP contribution >= 0.6 is 0 Å². The number of fused-ring (bicyclic) bond motifs is 1. The normalized spacial score (nSPS) is 28.3. The van der Waals surface area contributed by atoms with E-state index in [0.717, 1.165) is 0 Å². The lowest BCUT2D eigenvalue weighted by Crippen LogP contribution is -2.44. The molecule has 0 aromatic rings. The molecule has 6 nitrogen and oxygen atoms in total. The van der Waals surface area contributed by atoms with E-state index in [1.54, 1.807) is 6.07 Å². The minimum Gasteiger partial charge on any atom is -0.341 e. The molecule has 0 bridgehead atoms. The van der Waals surface area contributed by atoms with Crippen molar-refractivity contribution in [2.75, 3.05) is 13.1 Å². The Morgan fingerprint density at radius 3 is 2.81 bits per heavy atom. The lowest BCUT2D eigenvalue weighted by molar-refractivity contribution is -0.135.